The van der Waals surface area contributed by atoms with Crippen molar-refractivity contribution in [2.75, 3.05) is 12.2 Å². The number of carbonyl (C=O) groups excluding carboxylic acids is 3. The molecule has 1 aromatic heterocycles. The minimum Gasteiger partial charge on any atom is -0.503 e. The number of anilines is 1. The number of rotatable bonds is 8. The fourth-order valence-electron chi connectivity index (χ4n) is 6.57. The van der Waals surface area contributed by atoms with Gasteiger partial charge >= 0.3 is 0 Å². The van der Waals surface area contributed by atoms with Crippen molar-refractivity contribution in [3.8, 4) is 0 Å². The van der Waals surface area contributed by atoms with E-state index in [1.807, 2.05) is 70.4 Å². The molecule has 42 heavy (non-hydrogen) atoms. The molecule has 0 bridgehead atoms. The van der Waals surface area contributed by atoms with E-state index in [1.54, 1.807) is 24.7 Å². The quantitative estimate of drug-likeness (QED) is 0.354. The number of aliphatic hydroxyl groups is 1. The Morgan fingerprint density at radius 1 is 1.19 bits per heavy atom. The summed E-state index contributed by atoms with van der Waals surface area (Å²) < 4.78 is 1.81. The van der Waals surface area contributed by atoms with Gasteiger partial charge in [0, 0.05) is 23.6 Å². The highest BCUT2D eigenvalue weighted by atomic mass is 16.7. The lowest BCUT2D eigenvalue weighted by Crippen LogP contribution is -2.76. The molecule has 1 spiro atoms. The van der Waals surface area contributed by atoms with Crippen molar-refractivity contribution >= 4 is 29.4 Å². The molecule has 4 heterocycles. The van der Waals surface area contributed by atoms with Gasteiger partial charge < -0.3 is 15.0 Å². The monoisotopic (exact) mass is 571 g/mol. The first-order valence-corrected chi connectivity index (χ1v) is 13.8. The number of fused-ring (bicyclic) bond motifs is 2. The summed E-state index contributed by atoms with van der Waals surface area (Å²) >= 11 is 0. The van der Waals surface area contributed by atoms with Gasteiger partial charge in [-0.15, -0.1) is 6.58 Å². The van der Waals surface area contributed by atoms with Gasteiger partial charge in [0.25, 0.3) is 11.8 Å². The van der Waals surface area contributed by atoms with Crippen LogP contribution in [0.25, 0.3) is 6.08 Å². The summed E-state index contributed by atoms with van der Waals surface area (Å²) in [5.41, 5.74) is 0.0711. The second-order valence-corrected chi connectivity index (χ2v) is 12.4. The molecule has 10 heteroatoms. The Kier molecular flexibility index (Phi) is 6.61. The highest BCUT2D eigenvalue weighted by Crippen LogP contribution is 2.64. The van der Waals surface area contributed by atoms with Crippen LogP contribution in [-0.2, 0) is 30.2 Å². The van der Waals surface area contributed by atoms with Crippen molar-refractivity contribution in [3.05, 3.63) is 89.9 Å². The van der Waals surface area contributed by atoms with Crippen LogP contribution in [-0.4, -0.2) is 50.1 Å². The molecule has 5 rings (SSSR count). The fraction of sp³-hybridized carbons (Fsp3) is 0.375. The second kappa shape index (κ2) is 9.55. The van der Waals surface area contributed by atoms with Gasteiger partial charge in [-0.05, 0) is 57.6 Å². The van der Waals surface area contributed by atoms with Crippen LogP contribution in [0.15, 0.2) is 78.6 Å². The Morgan fingerprint density at radius 2 is 1.88 bits per heavy atom. The zero-order valence-electron chi connectivity index (χ0n) is 25.1. The average Bonchev–Trinajstić information content (AvgIpc) is 3.56. The van der Waals surface area contributed by atoms with Gasteiger partial charge in [-0.25, -0.2) is 10.0 Å². The average molecular weight is 572 g/mol. The molecule has 2 N–H and O–H groups in total. The predicted octanol–water partition coefficient (Wildman–Crippen LogP) is 4.48. The fourth-order valence-corrected chi connectivity index (χ4v) is 6.57. The van der Waals surface area contributed by atoms with Gasteiger partial charge in [0.05, 0.1) is 30.2 Å². The summed E-state index contributed by atoms with van der Waals surface area (Å²) in [6.07, 6.45) is 9.95. The maximum absolute atomic E-state index is 13.9. The number of carbonyl (C=O) groups is 3. The van der Waals surface area contributed by atoms with E-state index in [9.17, 15) is 19.5 Å². The van der Waals surface area contributed by atoms with Crippen LogP contribution in [0.1, 0.15) is 59.2 Å². The van der Waals surface area contributed by atoms with E-state index in [-0.39, 0.29) is 17.9 Å². The first-order chi connectivity index (χ1) is 19.7. The number of amides is 2. The molecule has 3 aliphatic heterocycles. The van der Waals surface area contributed by atoms with Crippen LogP contribution in [0.5, 0.6) is 0 Å². The van der Waals surface area contributed by atoms with Crippen LogP contribution in [0.2, 0.25) is 0 Å². The van der Waals surface area contributed by atoms with E-state index >= 15 is 0 Å². The van der Waals surface area contributed by atoms with Crippen molar-refractivity contribution in [1.29, 1.82) is 0 Å². The van der Waals surface area contributed by atoms with Crippen molar-refractivity contribution < 1.29 is 24.3 Å². The smallest absolute Gasteiger partial charge is 0.296 e. The summed E-state index contributed by atoms with van der Waals surface area (Å²) in [6.45, 7) is 15.5. The SMILES string of the molecule is C=CC(C)(C)[C@@]12C=C(O)C(=O)N3/C(=C/c4cn(C(C)(C)CC(=O)C=C(C)C)cn4)C(=O)N[C@]31N(OC)c1ccccc12. The minimum absolute atomic E-state index is 0.00600. The van der Waals surface area contributed by atoms with Gasteiger partial charge in [-0.3, -0.25) is 24.1 Å². The Bertz CT molecular complexity index is 1610. The first-order valence-electron chi connectivity index (χ1n) is 13.8. The Labute approximate surface area is 245 Å². The number of allylic oxidation sites excluding steroid dienone is 3. The summed E-state index contributed by atoms with van der Waals surface area (Å²) in [5, 5.41) is 15.7. The molecule has 1 aromatic carbocycles. The number of hydroxylamine groups is 1. The molecular weight excluding hydrogens is 534 g/mol. The van der Waals surface area contributed by atoms with Gasteiger partial charge in [0.1, 0.15) is 5.70 Å². The van der Waals surface area contributed by atoms with Gasteiger partial charge in [-0.2, -0.15) is 0 Å². The lowest BCUT2D eigenvalue weighted by Gasteiger charge is -2.56. The molecule has 2 aromatic rings. The molecule has 1 saturated heterocycles. The number of imidazole rings is 1. The van der Waals surface area contributed by atoms with Crippen LogP contribution in [0.4, 0.5) is 5.69 Å². The van der Waals surface area contributed by atoms with E-state index in [1.165, 1.54) is 29.2 Å². The largest absolute Gasteiger partial charge is 0.503 e. The van der Waals surface area contributed by atoms with Crippen molar-refractivity contribution in [1.82, 2.24) is 19.8 Å². The number of ketones is 1. The van der Waals surface area contributed by atoms with Gasteiger partial charge in [0.2, 0.25) is 5.79 Å². The van der Waals surface area contributed by atoms with Gasteiger partial charge in [-0.1, -0.05) is 43.7 Å². The van der Waals surface area contributed by atoms with E-state index in [4.69, 9.17) is 4.84 Å². The highest BCUT2D eigenvalue weighted by molar-refractivity contribution is 6.10. The maximum atomic E-state index is 13.9. The molecule has 3 aliphatic rings. The Hall–Kier alpha value is -4.44. The standard InChI is InChI=1S/C32H37N5O5/c1-9-29(4,5)31-17-26(39)28(41)36-25(15-21-18-35(19-33-21)30(6,7)16-22(38)14-20(2)3)27(40)34-32(31,36)37(42-8)24-13-11-10-12-23(24)31/h9-15,17-19,39H,1,16H2,2-8H3,(H,34,40)/b25-15+/t31-,32-/m0/s1. The third-order valence-corrected chi connectivity index (χ3v) is 8.60. The topological polar surface area (TPSA) is 117 Å². The Morgan fingerprint density at radius 3 is 2.52 bits per heavy atom. The molecule has 1 fully saturated rings. The Balaban J connectivity index is 1.67. The molecule has 2 atom stereocenters. The summed E-state index contributed by atoms with van der Waals surface area (Å²) in [5.74, 6) is -3.42. The molecule has 10 nitrogen and oxygen atoms in total. The number of hydrogen-bond acceptors (Lipinski definition) is 7. The van der Waals surface area contributed by atoms with Crippen LogP contribution in [0.3, 0.4) is 0 Å². The predicted molar refractivity (Wildman–Crippen MR) is 159 cm³/mol. The van der Waals surface area contributed by atoms with Crippen LogP contribution in [0, 0.1) is 5.41 Å². The second-order valence-electron chi connectivity index (χ2n) is 12.4. The highest BCUT2D eigenvalue weighted by Gasteiger charge is 2.77. The molecule has 2 amide bonds. The lowest BCUT2D eigenvalue weighted by atomic mass is 9.57. The zero-order valence-corrected chi connectivity index (χ0v) is 25.1. The minimum atomic E-state index is -1.60. The van der Waals surface area contributed by atoms with E-state index in [0.29, 0.717) is 11.4 Å². The molecule has 0 aliphatic carbocycles. The van der Waals surface area contributed by atoms with E-state index < -0.39 is 39.7 Å². The normalized spacial score (nSPS) is 24.2. The number of nitrogens with zero attached hydrogens (tertiary/aromatic N) is 4. The summed E-state index contributed by atoms with van der Waals surface area (Å²) in [7, 11) is 1.47. The number of aromatic nitrogens is 2. The van der Waals surface area contributed by atoms with Crippen molar-refractivity contribution in [2.24, 2.45) is 5.41 Å². The number of nitrogens with one attached hydrogen (secondary N) is 1. The number of benzene rings is 1. The third kappa shape index (κ3) is 3.81. The molecule has 0 radical (unpaired) electrons. The molecule has 220 valence electrons. The summed E-state index contributed by atoms with van der Waals surface area (Å²) in [4.78, 5) is 51.9. The third-order valence-electron chi connectivity index (χ3n) is 8.60. The maximum Gasteiger partial charge on any atom is 0.296 e. The van der Waals surface area contributed by atoms with Crippen LogP contribution < -0.4 is 10.4 Å². The number of para-hydroxylation sites is 1. The van der Waals surface area contributed by atoms with Crippen molar-refractivity contribution in [2.45, 2.75) is 64.7 Å². The first kappa shape index (κ1) is 29.1. The van der Waals surface area contributed by atoms with E-state index in [2.05, 4.69) is 16.9 Å². The summed E-state index contributed by atoms with van der Waals surface area (Å²) in [6, 6.07) is 7.44. The van der Waals surface area contributed by atoms with Crippen molar-refractivity contribution in [3.63, 3.8) is 0 Å². The molecule has 0 unspecified atom stereocenters. The number of hydrogen-bond donors (Lipinski definition) is 2. The zero-order chi connectivity index (χ0) is 30.8. The molecular formula is C32H37N5O5. The van der Waals surface area contributed by atoms with Crippen LogP contribution >= 0.6 is 0 Å². The van der Waals surface area contributed by atoms with E-state index in [0.717, 1.165) is 11.1 Å². The lowest BCUT2D eigenvalue weighted by molar-refractivity contribution is -0.144. The number of aliphatic hydroxyl groups excluding tert-OH is 1. The van der Waals surface area contributed by atoms with Gasteiger partial charge in [0.15, 0.2) is 11.5 Å². The molecule has 0 saturated carbocycles.